The molecule has 1 aromatic carbocycles. The Morgan fingerprint density at radius 2 is 2.12 bits per heavy atom. The monoisotopic (exact) mass is 235 g/mol. The smallest absolute Gasteiger partial charge is 0.204 e. The van der Waals surface area contributed by atoms with Crippen LogP contribution in [0, 0.1) is 19.7 Å². The lowest BCUT2D eigenvalue weighted by Crippen LogP contribution is -1.99. The van der Waals surface area contributed by atoms with Crippen molar-refractivity contribution >= 4 is 17.1 Å². The van der Waals surface area contributed by atoms with Gasteiger partial charge in [0.1, 0.15) is 5.82 Å². The number of benzene rings is 1. The molecule has 0 aliphatic rings. The molecule has 4 heteroatoms. The third-order valence-corrected chi connectivity index (χ3v) is 3.19. The van der Waals surface area contributed by atoms with E-state index in [2.05, 4.69) is 4.98 Å². The molecule has 0 N–H and O–H groups in total. The summed E-state index contributed by atoms with van der Waals surface area (Å²) < 4.78 is 13.3. The number of thiazole rings is 1. The topological polar surface area (TPSA) is 30.0 Å². The lowest BCUT2D eigenvalue weighted by molar-refractivity contribution is 0.104. The van der Waals surface area contributed by atoms with Gasteiger partial charge in [0.05, 0.1) is 9.88 Å². The van der Waals surface area contributed by atoms with Crippen molar-refractivity contribution < 1.29 is 9.18 Å². The summed E-state index contributed by atoms with van der Waals surface area (Å²) in [5.74, 6) is -0.531. The quantitative estimate of drug-likeness (QED) is 0.748. The average molecular weight is 235 g/mol. The summed E-state index contributed by atoms with van der Waals surface area (Å²) >= 11 is 1.32. The van der Waals surface area contributed by atoms with E-state index < -0.39 is 0 Å². The van der Waals surface area contributed by atoms with Crippen molar-refractivity contribution in [2.45, 2.75) is 13.8 Å². The number of hydrogen-bond acceptors (Lipinski definition) is 3. The van der Waals surface area contributed by atoms with Crippen LogP contribution >= 0.6 is 11.3 Å². The Kier molecular flexibility index (Phi) is 2.83. The SMILES string of the molecule is Cc1ncc(C(=O)c2ccc(C)c(F)c2)s1. The first kappa shape index (κ1) is 11.0. The van der Waals surface area contributed by atoms with E-state index in [1.807, 2.05) is 6.92 Å². The molecule has 0 saturated carbocycles. The molecule has 2 rings (SSSR count). The van der Waals surface area contributed by atoms with E-state index in [0.29, 0.717) is 16.0 Å². The van der Waals surface area contributed by atoms with E-state index in [0.717, 1.165) is 5.01 Å². The van der Waals surface area contributed by atoms with E-state index in [1.54, 1.807) is 19.1 Å². The molecule has 0 atom stereocenters. The number of aryl methyl sites for hydroxylation is 2. The molecular formula is C12H10FNOS. The predicted octanol–water partition coefficient (Wildman–Crippen LogP) is 3.13. The summed E-state index contributed by atoms with van der Waals surface area (Å²) in [5, 5.41) is 0.830. The molecule has 0 saturated heterocycles. The molecule has 0 radical (unpaired) electrons. The third-order valence-electron chi connectivity index (χ3n) is 2.28. The maximum Gasteiger partial charge on any atom is 0.204 e. The molecule has 0 aliphatic carbocycles. The van der Waals surface area contributed by atoms with Crippen molar-refractivity contribution in [2.24, 2.45) is 0 Å². The largest absolute Gasteiger partial charge is 0.288 e. The molecule has 0 fully saturated rings. The van der Waals surface area contributed by atoms with Crippen LogP contribution in [0.15, 0.2) is 24.4 Å². The first-order chi connectivity index (χ1) is 7.58. The number of halogens is 1. The van der Waals surface area contributed by atoms with Crippen LogP contribution in [0.5, 0.6) is 0 Å². The van der Waals surface area contributed by atoms with Gasteiger partial charge in [0, 0.05) is 11.8 Å². The minimum Gasteiger partial charge on any atom is -0.288 e. The second-order valence-corrected chi connectivity index (χ2v) is 4.77. The van der Waals surface area contributed by atoms with Gasteiger partial charge in [-0.2, -0.15) is 0 Å². The highest BCUT2D eigenvalue weighted by Gasteiger charge is 2.13. The Hall–Kier alpha value is -1.55. The van der Waals surface area contributed by atoms with Crippen molar-refractivity contribution in [3.8, 4) is 0 Å². The summed E-state index contributed by atoms with van der Waals surface area (Å²) in [4.78, 5) is 16.5. The Labute approximate surface area is 96.8 Å². The second-order valence-electron chi connectivity index (χ2n) is 3.54. The van der Waals surface area contributed by atoms with Crippen LogP contribution in [0.25, 0.3) is 0 Å². The van der Waals surface area contributed by atoms with Crippen molar-refractivity contribution in [3.63, 3.8) is 0 Å². The lowest BCUT2D eigenvalue weighted by Gasteiger charge is -2.00. The summed E-state index contributed by atoms with van der Waals surface area (Å²) in [6.45, 7) is 3.50. The van der Waals surface area contributed by atoms with Gasteiger partial charge in [-0.25, -0.2) is 9.37 Å². The van der Waals surface area contributed by atoms with Crippen molar-refractivity contribution in [1.29, 1.82) is 0 Å². The van der Waals surface area contributed by atoms with Gasteiger partial charge >= 0.3 is 0 Å². The summed E-state index contributed by atoms with van der Waals surface area (Å²) in [5.41, 5.74) is 0.906. The minimum absolute atomic E-state index is 0.176. The fraction of sp³-hybridized carbons (Fsp3) is 0.167. The Morgan fingerprint density at radius 3 is 2.69 bits per heavy atom. The van der Waals surface area contributed by atoms with Crippen LogP contribution in [-0.4, -0.2) is 10.8 Å². The van der Waals surface area contributed by atoms with Crippen LogP contribution in [-0.2, 0) is 0 Å². The van der Waals surface area contributed by atoms with E-state index in [-0.39, 0.29) is 11.6 Å². The maximum absolute atomic E-state index is 13.3. The van der Waals surface area contributed by atoms with Gasteiger partial charge in [0.25, 0.3) is 0 Å². The zero-order valence-electron chi connectivity index (χ0n) is 8.95. The molecule has 0 aliphatic heterocycles. The standard InChI is InChI=1S/C12H10FNOS/c1-7-3-4-9(5-10(7)13)12(15)11-6-14-8(2)16-11/h3-6H,1-2H3. The van der Waals surface area contributed by atoms with Gasteiger partial charge in [-0.15, -0.1) is 11.3 Å². The highest BCUT2D eigenvalue weighted by atomic mass is 32.1. The lowest BCUT2D eigenvalue weighted by atomic mass is 10.1. The van der Waals surface area contributed by atoms with E-state index in [9.17, 15) is 9.18 Å². The molecular weight excluding hydrogens is 225 g/mol. The molecule has 0 bridgehead atoms. The number of nitrogens with zero attached hydrogens (tertiary/aromatic N) is 1. The normalized spacial score (nSPS) is 10.4. The number of rotatable bonds is 2. The first-order valence-electron chi connectivity index (χ1n) is 4.81. The first-order valence-corrected chi connectivity index (χ1v) is 5.63. The molecule has 2 nitrogen and oxygen atoms in total. The van der Waals surface area contributed by atoms with E-state index in [4.69, 9.17) is 0 Å². The highest BCUT2D eigenvalue weighted by Crippen LogP contribution is 2.18. The fourth-order valence-corrected chi connectivity index (χ4v) is 2.08. The number of carbonyl (C=O) groups is 1. The zero-order valence-corrected chi connectivity index (χ0v) is 9.77. The predicted molar refractivity (Wildman–Crippen MR) is 61.4 cm³/mol. The van der Waals surface area contributed by atoms with Crippen LogP contribution in [0.3, 0.4) is 0 Å². The van der Waals surface area contributed by atoms with Crippen LogP contribution < -0.4 is 0 Å². The van der Waals surface area contributed by atoms with Crippen LogP contribution in [0.2, 0.25) is 0 Å². The Balaban J connectivity index is 2.38. The number of hydrogen-bond donors (Lipinski definition) is 0. The highest BCUT2D eigenvalue weighted by molar-refractivity contribution is 7.13. The zero-order chi connectivity index (χ0) is 11.7. The van der Waals surface area contributed by atoms with Crippen molar-refractivity contribution in [2.75, 3.05) is 0 Å². The fourth-order valence-electron chi connectivity index (χ4n) is 1.34. The summed E-state index contributed by atoms with van der Waals surface area (Å²) in [6, 6.07) is 4.51. The summed E-state index contributed by atoms with van der Waals surface area (Å²) in [7, 11) is 0. The molecule has 82 valence electrons. The maximum atomic E-state index is 13.3. The Bertz CT molecular complexity index is 548. The Morgan fingerprint density at radius 1 is 1.38 bits per heavy atom. The molecule has 2 aromatic rings. The third kappa shape index (κ3) is 2.02. The molecule has 0 spiro atoms. The van der Waals surface area contributed by atoms with E-state index >= 15 is 0 Å². The summed E-state index contributed by atoms with van der Waals surface area (Å²) in [6.07, 6.45) is 1.53. The van der Waals surface area contributed by atoms with E-state index in [1.165, 1.54) is 23.6 Å². The minimum atomic E-state index is -0.355. The van der Waals surface area contributed by atoms with Gasteiger partial charge in [0.2, 0.25) is 5.78 Å². The van der Waals surface area contributed by atoms with Gasteiger partial charge in [-0.05, 0) is 25.5 Å². The number of ketones is 1. The second kappa shape index (κ2) is 4.14. The molecule has 1 aromatic heterocycles. The van der Waals surface area contributed by atoms with Gasteiger partial charge in [0.15, 0.2) is 0 Å². The average Bonchev–Trinajstić information content (AvgIpc) is 2.68. The molecule has 1 heterocycles. The molecule has 0 amide bonds. The van der Waals surface area contributed by atoms with Gasteiger partial charge in [-0.1, -0.05) is 12.1 Å². The van der Waals surface area contributed by atoms with Crippen molar-refractivity contribution in [1.82, 2.24) is 4.98 Å². The van der Waals surface area contributed by atoms with Crippen molar-refractivity contribution in [3.05, 3.63) is 51.2 Å². The molecule has 16 heavy (non-hydrogen) atoms. The molecule has 0 unspecified atom stereocenters. The van der Waals surface area contributed by atoms with Gasteiger partial charge < -0.3 is 0 Å². The van der Waals surface area contributed by atoms with Crippen LogP contribution in [0.1, 0.15) is 25.8 Å². The number of aromatic nitrogens is 1. The van der Waals surface area contributed by atoms with Gasteiger partial charge in [-0.3, -0.25) is 4.79 Å². The number of carbonyl (C=O) groups excluding carboxylic acids is 1. The van der Waals surface area contributed by atoms with Crippen LogP contribution in [0.4, 0.5) is 4.39 Å².